The van der Waals surface area contributed by atoms with Crippen LogP contribution in [0.2, 0.25) is 0 Å². The molecule has 0 bridgehead atoms. The standard InChI is InChI=1S/C29H31N5O5/c1-29(2,3)39-28(37)21(24(30)27(35)36)13-14-34-15-22(23-25(31)32-17-33-26(23)34)19-9-11-20(12-10-19)38-16-18-7-5-4-6-8-18/h4-12,15,17,21,30H,13-14,16H2,1-3H3,(H,35,36)(H2,31,32,33)/t21-/m1/s1. The number of carbonyl (C=O) groups excluding carboxylic acids is 1. The summed E-state index contributed by atoms with van der Waals surface area (Å²) in [4.78, 5) is 32.8. The molecule has 0 fully saturated rings. The van der Waals surface area contributed by atoms with Gasteiger partial charge in [0, 0.05) is 18.3 Å². The van der Waals surface area contributed by atoms with E-state index in [0.29, 0.717) is 29.2 Å². The van der Waals surface area contributed by atoms with Gasteiger partial charge in [-0.3, -0.25) is 10.2 Å². The fourth-order valence-electron chi connectivity index (χ4n) is 4.18. The molecule has 10 nitrogen and oxygen atoms in total. The zero-order chi connectivity index (χ0) is 28.2. The molecule has 4 N–H and O–H groups in total. The van der Waals surface area contributed by atoms with E-state index in [4.69, 9.17) is 20.6 Å². The average Bonchev–Trinajstić information content (AvgIpc) is 3.27. The summed E-state index contributed by atoms with van der Waals surface area (Å²) in [6.45, 7) is 5.72. The molecule has 4 aromatic rings. The van der Waals surface area contributed by atoms with Gasteiger partial charge in [-0.15, -0.1) is 0 Å². The molecule has 0 aliphatic carbocycles. The van der Waals surface area contributed by atoms with Gasteiger partial charge in [-0.25, -0.2) is 14.8 Å². The normalized spacial score (nSPS) is 12.2. The highest BCUT2D eigenvalue weighted by molar-refractivity contribution is 6.38. The van der Waals surface area contributed by atoms with Crippen LogP contribution in [0.5, 0.6) is 5.75 Å². The Morgan fingerprint density at radius 2 is 1.77 bits per heavy atom. The number of ether oxygens (including phenoxy) is 2. The van der Waals surface area contributed by atoms with Crippen molar-refractivity contribution in [3.63, 3.8) is 0 Å². The molecule has 10 heteroatoms. The van der Waals surface area contributed by atoms with E-state index >= 15 is 0 Å². The largest absolute Gasteiger partial charge is 0.489 e. The van der Waals surface area contributed by atoms with Crippen molar-refractivity contribution < 1.29 is 24.2 Å². The lowest BCUT2D eigenvalue weighted by Gasteiger charge is -2.23. The second-order valence-electron chi connectivity index (χ2n) is 10.1. The van der Waals surface area contributed by atoms with Crippen molar-refractivity contribution in [3.8, 4) is 16.9 Å². The number of nitrogens with zero attached hydrogens (tertiary/aromatic N) is 3. The first-order chi connectivity index (χ1) is 18.5. The number of fused-ring (bicyclic) bond motifs is 1. The lowest BCUT2D eigenvalue weighted by molar-refractivity contribution is -0.158. The van der Waals surface area contributed by atoms with E-state index in [0.717, 1.165) is 16.7 Å². The first-order valence-electron chi connectivity index (χ1n) is 12.4. The van der Waals surface area contributed by atoms with E-state index in [9.17, 15) is 14.7 Å². The van der Waals surface area contributed by atoms with Crippen molar-refractivity contribution in [3.05, 3.63) is 72.7 Å². The average molecular weight is 530 g/mol. The van der Waals surface area contributed by atoms with Gasteiger partial charge in [0.1, 0.15) is 47.4 Å². The first kappa shape index (κ1) is 27.3. The zero-order valence-corrected chi connectivity index (χ0v) is 22.0. The zero-order valence-electron chi connectivity index (χ0n) is 22.0. The van der Waals surface area contributed by atoms with Crippen molar-refractivity contribution in [2.24, 2.45) is 5.92 Å². The maximum atomic E-state index is 12.8. The minimum Gasteiger partial charge on any atom is -0.489 e. The minimum absolute atomic E-state index is 0.0272. The summed E-state index contributed by atoms with van der Waals surface area (Å²) in [6.07, 6.45) is 3.22. The van der Waals surface area contributed by atoms with E-state index in [1.165, 1.54) is 6.33 Å². The maximum Gasteiger partial charge on any atom is 0.350 e. The second-order valence-corrected chi connectivity index (χ2v) is 10.1. The van der Waals surface area contributed by atoms with E-state index in [2.05, 4.69) is 9.97 Å². The van der Waals surface area contributed by atoms with Crippen molar-refractivity contribution in [2.45, 2.75) is 45.9 Å². The molecule has 1 atom stereocenters. The highest BCUT2D eigenvalue weighted by Crippen LogP contribution is 2.34. The quantitative estimate of drug-likeness (QED) is 0.197. The number of rotatable bonds is 10. The molecule has 0 spiro atoms. The molecule has 0 amide bonds. The second kappa shape index (κ2) is 11.3. The molecule has 202 valence electrons. The van der Waals surface area contributed by atoms with Gasteiger partial charge >= 0.3 is 11.9 Å². The van der Waals surface area contributed by atoms with Gasteiger partial charge in [-0.1, -0.05) is 42.5 Å². The number of nitrogens with two attached hydrogens (primary N) is 1. The molecule has 39 heavy (non-hydrogen) atoms. The Morgan fingerprint density at radius 1 is 1.08 bits per heavy atom. The third-order valence-electron chi connectivity index (χ3n) is 6.03. The Morgan fingerprint density at radius 3 is 2.41 bits per heavy atom. The highest BCUT2D eigenvalue weighted by atomic mass is 16.6. The van der Waals surface area contributed by atoms with Crippen molar-refractivity contribution in [1.29, 1.82) is 5.41 Å². The van der Waals surface area contributed by atoms with Crippen LogP contribution in [0.4, 0.5) is 5.82 Å². The molecular formula is C29H31N5O5. The topological polar surface area (TPSA) is 153 Å². The van der Waals surface area contributed by atoms with Gasteiger partial charge in [0.25, 0.3) is 0 Å². The SMILES string of the molecule is CC(C)(C)OC(=O)[C@H](CCn1cc(-c2ccc(OCc3ccccc3)cc2)c2c(N)ncnc21)C(=N)C(=O)O. The van der Waals surface area contributed by atoms with Crippen molar-refractivity contribution in [2.75, 3.05) is 5.73 Å². The maximum absolute atomic E-state index is 12.8. The molecule has 0 radical (unpaired) electrons. The molecule has 0 aliphatic heterocycles. The van der Waals surface area contributed by atoms with Crippen LogP contribution in [0, 0.1) is 11.3 Å². The molecule has 0 aliphatic rings. The minimum atomic E-state index is -1.47. The van der Waals surface area contributed by atoms with Crippen LogP contribution in [0.25, 0.3) is 22.2 Å². The number of aliphatic carboxylic acids is 1. The molecule has 0 saturated heterocycles. The predicted molar refractivity (Wildman–Crippen MR) is 147 cm³/mol. The number of hydrogen-bond acceptors (Lipinski definition) is 8. The monoisotopic (exact) mass is 529 g/mol. The molecule has 2 heterocycles. The molecule has 0 saturated carbocycles. The Kier molecular flexibility index (Phi) is 7.94. The molecular weight excluding hydrogens is 498 g/mol. The lowest BCUT2D eigenvalue weighted by Crippen LogP contribution is -2.36. The Hall–Kier alpha value is -4.73. The summed E-state index contributed by atoms with van der Waals surface area (Å²) in [6, 6.07) is 17.4. The molecule has 2 aromatic carbocycles. The van der Waals surface area contributed by atoms with E-state index in [-0.39, 0.29) is 13.0 Å². The molecule has 4 rings (SSSR count). The Balaban J connectivity index is 1.59. The Labute approximate surface area is 225 Å². The number of aromatic nitrogens is 3. The van der Waals surface area contributed by atoms with Crippen molar-refractivity contribution in [1.82, 2.24) is 14.5 Å². The summed E-state index contributed by atoms with van der Waals surface area (Å²) in [5.41, 5.74) is 7.93. The van der Waals surface area contributed by atoms with E-state index < -0.39 is 29.2 Å². The molecule has 2 aromatic heterocycles. The number of anilines is 1. The molecule has 0 unspecified atom stereocenters. The van der Waals surface area contributed by atoms with Crippen LogP contribution in [-0.2, 0) is 27.5 Å². The smallest absolute Gasteiger partial charge is 0.350 e. The van der Waals surface area contributed by atoms with Crippen molar-refractivity contribution >= 4 is 34.5 Å². The fraction of sp³-hybridized carbons (Fsp3) is 0.276. The number of nitrogen functional groups attached to an aromatic ring is 1. The lowest BCUT2D eigenvalue weighted by atomic mass is 9.99. The van der Waals surface area contributed by atoms with Crippen LogP contribution >= 0.6 is 0 Å². The van der Waals surface area contributed by atoms with Gasteiger partial charge in [-0.05, 0) is 50.5 Å². The number of carboxylic acids is 1. The van der Waals surface area contributed by atoms with Gasteiger partial charge in [-0.2, -0.15) is 0 Å². The van der Waals surface area contributed by atoms with Crippen LogP contribution in [0.15, 0.2) is 67.1 Å². The fourth-order valence-corrected chi connectivity index (χ4v) is 4.18. The third kappa shape index (κ3) is 6.59. The van der Waals surface area contributed by atoms with Crippen LogP contribution in [-0.4, -0.2) is 42.9 Å². The number of nitrogens with one attached hydrogen (secondary N) is 1. The van der Waals surface area contributed by atoms with Gasteiger partial charge < -0.3 is 24.9 Å². The summed E-state index contributed by atoms with van der Waals surface area (Å²) in [7, 11) is 0. The summed E-state index contributed by atoms with van der Waals surface area (Å²) in [5.74, 6) is -2.47. The summed E-state index contributed by atoms with van der Waals surface area (Å²) >= 11 is 0. The summed E-state index contributed by atoms with van der Waals surface area (Å²) in [5, 5.41) is 18.0. The van der Waals surface area contributed by atoms with E-state index in [1.54, 1.807) is 25.3 Å². The number of esters is 1. The first-order valence-corrected chi connectivity index (χ1v) is 12.4. The van der Waals surface area contributed by atoms with E-state index in [1.807, 2.05) is 60.8 Å². The third-order valence-corrected chi connectivity index (χ3v) is 6.03. The number of hydrogen-bond donors (Lipinski definition) is 3. The number of aryl methyl sites for hydroxylation is 1. The summed E-state index contributed by atoms with van der Waals surface area (Å²) < 4.78 is 13.1. The van der Waals surface area contributed by atoms with Crippen LogP contribution in [0.1, 0.15) is 32.8 Å². The number of carbonyl (C=O) groups is 2. The highest BCUT2D eigenvalue weighted by Gasteiger charge is 2.32. The van der Waals surface area contributed by atoms with Crippen LogP contribution in [0.3, 0.4) is 0 Å². The number of carboxylic acid groups (broad SMARTS) is 1. The number of benzene rings is 2. The van der Waals surface area contributed by atoms with Crippen LogP contribution < -0.4 is 10.5 Å². The van der Waals surface area contributed by atoms with Gasteiger partial charge in [0.15, 0.2) is 0 Å². The predicted octanol–water partition coefficient (Wildman–Crippen LogP) is 4.71. The van der Waals surface area contributed by atoms with Gasteiger partial charge in [0.2, 0.25) is 0 Å². The van der Waals surface area contributed by atoms with Gasteiger partial charge in [0.05, 0.1) is 5.39 Å². The Bertz CT molecular complexity index is 1490.